The minimum Gasteiger partial charge on any atom is -0.480 e. The zero-order chi connectivity index (χ0) is 19.7. The lowest BCUT2D eigenvalue weighted by Crippen LogP contribution is -2.51. The molecule has 10 heteroatoms. The summed E-state index contributed by atoms with van der Waals surface area (Å²) in [6, 6.07) is -0.133. The van der Waals surface area contributed by atoms with Crippen LogP contribution in [0.4, 0.5) is 0 Å². The molecule has 0 aromatic heterocycles. The van der Waals surface area contributed by atoms with E-state index in [1.807, 2.05) is 23.8 Å². The van der Waals surface area contributed by atoms with Crippen LogP contribution in [0.5, 0.6) is 0 Å². The molecule has 0 saturated carbocycles. The number of carbonyl (C=O) groups is 3. The van der Waals surface area contributed by atoms with Crippen molar-refractivity contribution in [3.8, 4) is 0 Å². The normalized spacial score (nSPS) is 23.1. The van der Waals surface area contributed by atoms with E-state index in [-0.39, 0.29) is 25.7 Å². The SMILES string of the molecule is CC1CN(CC(=O)O)CCN(CC(=O)O)CCN(C)CCN1CC(=O)O. The molecule has 26 heavy (non-hydrogen) atoms. The summed E-state index contributed by atoms with van der Waals surface area (Å²) in [5.74, 6) is -2.78. The minimum atomic E-state index is -0.960. The largest absolute Gasteiger partial charge is 0.480 e. The van der Waals surface area contributed by atoms with Crippen LogP contribution in [0.2, 0.25) is 0 Å². The van der Waals surface area contributed by atoms with Crippen molar-refractivity contribution in [3.05, 3.63) is 0 Å². The quantitative estimate of drug-likeness (QED) is 0.505. The molecular formula is C16H30N4O6. The van der Waals surface area contributed by atoms with Gasteiger partial charge in [0.2, 0.25) is 0 Å². The summed E-state index contributed by atoms with van der Waals surface area (Å²) >= 11 is 0. The van der Waals surface area contributed by atoms with Crippen LogP contribution in [0.15, 0.2) is 0 Å². The van der Waals surface area contributed by atoms with Crippen LogP contribution in [0, 0.1) is 0 Å². The van der Waals surface area contributed by atoms with Gasteiger partial charge in [0, 0.05) is 51.9 Å². The summed E-state index contributed by atoms with van der Waals surface area (Å²) < 4.78 is 0. The lowest BCUT2D eigenvalue weighted by Gasteiger charge is -2.35. The number of carboxylic acids is 3. The van der Waals surface area contributed by atoms with E-state index in [1.165, 1.54) is 0 Å². The summed E-state index contributed by atoms with van der Waals surface area (Å²) in [5, 5.41) is 27.3. The summed E-state index contributed by atoms with van der Waals surface area (Å²) in [4.78, 5) is 40.8. The highest BCUT2D eigenvalue weighted by atomic mass is 16.4. The predicted molar refractivity (Wildman–Crippen MR) is 94.3 cm³/mol. The number of likely N-dealkylation sites (N-methyl/N-ethyl adjacent to an activating group) is 1. The average molecular weight is 374 g/mol. The maximum Gasteiger partial charge on any atom is 0.317 e. The molecule has 0 radical (unpaired) electrons. The molecule has 1 unspecified atom stereocenters. The van der Waals surface area contributed by atoms with Gasteiger partial charge in [-0.05, 0) is 14.0 Å². The van der Waals surface area contributed by atoms with Crippen molar-refractivity contribution in [2.75, 3.05) is 72.5 Å². The highest BCUT2D eigenvalue weighted by Crippen LogP contribution is 2.05. The van der Waals surface area contributed by atoms with Gasteiger partial charge < -0.3 is 20.2 Å². The van der Waals surface area contributed by atoms with E-state index in [4.69, 9.17) is 15.3 Å². The maximum atomic E-state index is 11.1. The number of carboxylic acid groups (broad SMARTS) is 3. The second kappa shape index (κ2) is 11.1. The lowest BCUT2D eigenvalue weighted by molar-refractivity contribution is -0.141. The molecule has 0 bridgehead atoms. The topological polar surface area (TPSA) is 125 Å². The van der Waals surface area contributed by atoms with E-state index in [9.17, 15) is 14.4 Å². The molecule has 3 N–H and O–H groups in total. The van der Waals surface area contributed by atoms with E-state index in [1.54, 1.807) is 9.80 Å². The molecule has 10 nitrogen and oxygen atoms in total. The van der Waals surface area contributed by atoms with E-state index in [2.05, 4.69) is 0 Å². The zero-order valence-corrected chi connectivity index (χ0v) is 15.5. The van der Waals surface area contributed by atoms with Gasteiger partial charge in [-0.3, -0.25) is 29.1 Å². The molecule has 1 rings (SSSR count). The van der Waals surface area contributed by atoms with Crippen LogP contribution in [0.3, 0.4) is 0 Å². The molecule has 0 spiro atoms. The summed E-state index contributed by atoms with van der Waals surface area (Å²) in [6.07, 6.45) is 0. The van der Waals surface area contributed by atoms with Crippen LogP contribution >= 0.6 is 0 Å². The smallest absolute Gasteiger partial charge is 0.317 e. The van der Waals surface area contributed by atoms with Crippen molar-refractivity contribution < 1.29 is 29.7 Å². The summed E-state index contributed by atoms with van der Waals surface area (Å²) in [5.41, 5.74) is 0. The van der Waals surface area contributed by atoms with E-state index in [0.717, 1.165) is 0 Å². The number of aliphatic carboxylic acids is 3. The number of hydrogen-bond donors (Lipinski definition) is 3. The van der Waals surface area contributed by atoms with Gasteiger partial charge in [-0.2, -0.15) is 0 Å². The van der Waals surface area contributed by atoms with E-state index >= 15 is 0 Å². The molecule has 1 atom stereocenters. The molecule has 0 aromatic rings. The monoisotopic (exact) mass is 374 g/mol. The van der Waals surface area contributed by atoms with Gasteiger partial charge in [-0.25, -0.2) is 0 Å². The van der Waals surface area contributed by atoms with Crippen molar-refractivity contribution in [1.82, 2.24) is 19.6 Å². The second-order valence-corrected chi connectivity index (χ2v) is 6.82. The van der Waals surface area contributed by atoms with E-state index < -0.39 is 17.9 Å². The van der Waals surface area contributed by atoms with Crippen molar-refractivity contribution in [1.29, 1.82) is 0 Å². The van der Waals surface area contributed by atoms with Crippen molar-refractivity contribution >= 4 is 17.9 Å². The standard InChI is InChI=1S/C16H30N4O6/c1-13-9-19(11-15(23)24)7-6-18(10-14(21)22)5-3-17(2)4-8-20(13)12-16(25)26/h13H,3-12H2,1-2H3,(H,21,22)(H,23,24)(H,25,26). The van der Waals surface area contributed by atoms with Crippen LogP contribution in [0.1, 0.15) is 6.92 Å². The lowest BCUT2D eigenvalue weighted by atomic mass is 10.2. The Balaban J connectivity index is 2.88. The van der Waals surface area contributed by atoms with Crippen molar-refractivity contribution in [3.63, 3.8) is 0 Å². The van der Waals surface area contributed by atoms with Gasteiger partial charge in [0.25, 0.3) is 0 Å². The predicted octanol–water partition coefficient (Wildman–Crippen LogP) is -1.52. The molecule has 0 aromatic carbocycles. The molecule has 1 fully saturated rings. The molecule has 1 heterocycles. The van der Waals surface area contributed by atoms with Gasteiger partial charge in [-0.15, -0.1) is 0 Å². The average Bonchev–Trinajstić information content (AvgIpc) is 2.51. The van der Waals surface area contributed by atoms with E-state index in [0.29, 0.717) is 45.8 Å². The Labute approximate surface area is 153 Å². The molecule has 1 aliphatic rings. The Hall–Kier alpha value is -1.75. The van der Waals surface area contributed by atoms with Crippen LogP contribution < -0.4 is 0 Å². The van der Waals surface area contributed by atoms with Gasteiger partial charge in [0.05, 0.1) is 19.6 Å². The zero-order valence-electron chi connectivity index (χ0n) is 15.5. The fourth-order valence-corrected chi connectivity index (χ4v) is 3.01. The Morgan fingerprint density at radius 2 is 1.23 bits per heavy atom. The number of hydrogen-bond acceptors (Lipinski definition) is 7. The first kappa shape index (κ1) is 22.3. The Kier molecular flexibility index (Phi) is 9.49. The Morgan fingerprint density at radius 3 is 1.81 bits per heavy atom. The van der Waals surface area contributed by atoms with Gasteiger partial charge in [0.15, 0.2) is 0 Å². The van der Waals surface area contributed by atoms with Gasteiger partial charge in [0.1, 0.15) is 0 Å². The second-order valence-electron chi connectivity index (χ2n) is 6.82. The molecular weight excluding hydrogens is 344 g/mol. The van der Waals surface area contributed by atoms with Gasteiger partial charge >= 0.3 is 17.9 Å². The Morgan fingerprint density at radius 1 is 0.769 bits per heavy atom. The first-order valence-electron chi connectivity index (χ1n) is 8.70. The third-order valence-electron chi connectivity index (χ3n) is 4.50. The minimum absolute atomic E-state index is 0.0879. The molecule has 0 aliphatic carbocycles. The highest BCUT2D eigenvalue weighted by Gasteiger charge is 2.23. The summed E-state index contributed by atoms with van der Waals surface area (Å²) in [6.45, 7) is 5.21. The third-order valence-corrected chi connectivity index (χ3v) is 4.50. The van der Waals surface area contributed by atoms with Crippen molar-refractivity contribution in [2.45, 2.75) is 13.0 Å². The van der Waals surface area contributed by atoms with Crippen LogP contribution in [-0.2, 0) is 14.4 Å². The molecule has 1 saturated heterocycles. The summed E-state index contributed by atoms with van der Waals surface area (Å²) in [7, 11) is 1.92. The Bertz CT molecular complexity index is 489. The number of nitrogens with zero attached hydrogens (tertiary/aromatic N) is 4. The van der Waals surface area contributed by atoms with Gasteiger partial charge in [-0.1, -0.05) is 0 Å². The first-order valence-corrected chi connectivity index (χ1v) is 8.70. The molecule has 150 valence electrons. The fraction of sp³-hybridized carbons (Fsp3) is 0.812. The maximum absolute atomic E-state index is 11.1. The fourth-order valence-electron chi connectivity index (χ4n) is 3.01. The highest BCUT2D eigenvalue weighted by molar-refractivity contribution is 5.70. The van der Waals surface area contributed by atoms with Crippen LogP contribution in [0.25, 0.3) is 0 Å². The van der Waals surface area contributed by atoms with Crippen molar-refractivity contribution in [2.24, 2.45) is 0 Å². The van der Waals surface area contributed by atoms with Crippen LogP contribution in [-0.4, -0.2) is 131 Å². The molecule has 1 aliphatic heterocycles. The molecule has 0 amide bonds. The first-order chi connectivity index (χ1) is 12.2. The third kappa shape index (κ3) is 9.09. The number of rotatable bonds is 6.